The molecule has 1 aromatic rings. The second-order valence-corrected chi connectivity index (χ2v) is 5.79. The molecule has 0 aliphatic heterocycles. The molecule has 0 bridgehead atoms. The molecule has 0 saturated carbocycles. The van der Waals surface area contributed by atoms with Crippen molar-refractivity contribution in [2.45, 2.75) is 39.7 Å². The van der Waals surface area contributed by atoms with Gasteiger partial charge in [-0.25, -0.2) is 5.06 Å². The summed E-state index contributed by atoms with van der Waals surface area (Å²) in [5.41, 5.74) is 2.72. The molecule has 0 heterocycles. The van der Waals surface area contributed by atoms with Gasteiger partial charge in [0, 0.05) is 19.2 Å². The van der Waals surface area contributed by atoms with Crippen molar-refractivity contribution in [3.05, 3.63) is 34.9 Å². The van der Waals surface area contributed by atoms with E-state index in [1.165, 1.54) is 12.2 Å². The molecule has 1 rings (SSSR count). The normalized spacial score (nSPS) is 11.5. The first-order valence-electron chi connectivity index (χ1n) is 6.84. The third-order valence-corrected chi connectivity index (χ3v) is 3.14. The maximum absolute atomic E-state index is 12.2. The molecule has 0 atom stereocenters. The predicted octanol–water partition coefficient (Wildman–Crippen LogP) is 3.15. The zero-order chi connectivity index (χ0) is 15.3. The van der Waals surface area contributed by atoms with Crippen LogP contribution in [0.15, 0.2) is 18.2 Å². The summed E-state index contributed by atoms with van der Waals surface area (Å²) in [6, 6.07) is 5.88. The number of nitrogens with zero attached hydrogens (tertiary/aromatic N) is 1. The maximum atomic E-state index is 12.2. The van der Waals surface area contributed by atoms with Gasteiger partial charge in [0.05, 0.1) is 13.7 Å². The maximum Gasteiger partial charge on any atom is 0.277 e. The lowest BCUT2D eigenvalue weighted by Gasteiger charge is -2.22. The summed E-state index contributed by atoms with van der Waals surface area (Å²) in [4.78, 5) is 17.2. The van der Waals surface area contributed by atoms with E-state index < -0.39 is 0 Å². The number of ether oxygens (including phenoxy) is 1. The lowest BCUT2D eigenvalue weighted by molar-refractivity contribution is -0.0757. The monoisotopic (exact) mass is 279 g/mol. The molecular formula is C16H25NO3. The van der Waals surface area contributed by atoms with Crippen molar-refractivity contribution in [2.75, 3.05) is 20.8 Å². The molecule has 4 nitrogen and oxygen atoms in total. The van der Waals surface area contributed by atoms with Crippen LogP contribution in [0.2, 0.25) is 0 Å². The number of benzene rings is 1. The van der Waals surface area contributed by atoms with Crippen LogP contribution in [-0.4, -0.2) is 31.7 Å². The van der Waals surface area contributed by atoms with E-state index in [9.17, 15) is 4.79 Å². The zero-order valence-corrected chi connectivity index (χ0v) is 13.3. The van der Waals surface area contributed by atoms with Crippen LogP contribution in [0.25, 0.3) is 0 Å². The molecule has 112 valence electrons. The van der Waals surface area contributed by atoms with E-state index in [0.717, 1.165) is 11.1 Å². The molecule has 0 saturated heterocycles. The van der Waals surface area contributed by atoms with Gasteiger partial charge in [-0.3, -0.25) is 9.63 Å². The Morgan fingerprint density at radius 2 is 1.90 bits per heavy atom. The number of amides is 1. The van der Waals surface area contributed by atoms with Gasteiger partial charge in [0.1, 0.15) is 0 Å². The predicted molar refractivity (Wildman–Crippen MR) is 79.6 cm³/mol. The smallest absolute Gasteiger partial charge is 0.277 e. The summed E-state index contributed by atoms with van der Waals surface area (Å²) in [7, 11) is 3.08. The van der Waals surface area contributed by atoms with Crippen LogP contribution in [0.3, 0.4) is 0 Å². The first kappa shape index (κ1) is 16.7. The second-order valence-electron chi connectivity index (χ2n) is 5.79. The van der Waals surface area contributed by atoms with Crippen molar-refractivity contribution >= 4 is 5.91 Å². The Kier molecular flexibility index (Phi) is 5.72. The summed E-state index contributed by atoms with van der Waals surface area (Å²) < 4.78 is 5.45. The third-order valence-electron chi connectivity index (χ3n) is 3.14. The van der Waals surface area contributed by atoms with Crippen molar-refractivity contribution in [3.8, 4) is 0 Å². The summed E-state index contributed by atoms with van der Waals surface area (Å²) in [5.74, 6) is -0.156. The summed E-state index contributed by atoms with van der Waals surface area (Å²) in [6.07, 6.45) is 0. The number of carbonyl (C=O) groups excluding carboxylic acids is 1. The Labute approximate surface area is 121 Å². The molecule has 0 unspecified atom stereocenters. The van der Waals surface area contributed by atoms with Crippen molar-refractivity contribution in [1.82, 2.24) is 5.06 Å². The van der Waals surface area contributed by atoms with Gasteiger partial charge in [0.25, 0.3) is 5.91 Å². The van der Waals surface area contributed by atoms with Crippen molar-refractivity contribution in [2.24, 2.45) is 0 Å². The number of rotatable bonds is 5. The molecule has 0 radical (unpaired) electrons. The molecule has 20 heavy (non-hydrogen) atoms. The molecule has 0 spiro atoms. The van der Waals surface area contributed by atoms with Crippen LogP contribution < -0.4 is 0 Å². The van der Waals surface area contributed by atoms with Crippen LogP contribution >= 0.6 is 0 Å². The first-order valence-corrected chi connectivity index (χ1v) is 6.84. The van der Waals surface area contributed by atoms with Gasteiger partial charge in [-0.05, 0) is 35.6 Å². The van der Waals surface area contributed by atoms with Gasteiger partial charge < -0.3 is 4.74 Å². The number of hydrogen-bond acceptors (Lipinski definition) is 3. The molecule has 0 aromatic heterocycles. The van der Waals surface area contributed by atoms with E-state index in [-0.39, 0.29) is 11.3 Å². The van der Waals surface area contributed by atoms with Crippen LogP contribution in [0, 0.1) is 0 Å². The molecule has 0 aliphatic carbocycles. The van der Waals surface area contributed by atoms with Gasteiger partial charge in [0.15, 0.2) is 0 Å². The number of hydroxylamine groups is 2. The van der Waals surface area contributed by atoms with E-state index >= 15 is 0 Å². The molecule has 4 heteroatoms. The van der Waals surface area contributed by atoms with E-state index in [1.54, 1.807) is 7.05 Å². The third kappa shape index (κ3) is 4.32. The summed E-state index contributed by atoms with van der Waals surface area (Å²) in [5, 5.41) is 1.23. The van der Waals surface area contributed by atoms with Gasteiger partial charge in [-0.15, -0.1) is 0 Å². The van der Waals surface area contributed by atoms with Crippen LogP contribution in [-0.2, 0) is 21.6 Å². The highest BCUT2D eigenvalue weighted by molar-refractivity contribution is 5.93. The van der Waals surface area contributed by atoms with Crippen LogP contribution in [0.1, 0.15) is 49.2 Å². The fourth-order valence-corrected chi connectivity index (χ4v) is 1.82. The Balaban J connectivity index is 3.19. The SMILES string of the molecule is CCOCc1cc(C(=O)N(C)OC)cc(C(C)(C)C)c1. The van der Waals surface area contributed by atoms with E-state index in [2.05, 4.69) is 26.8 Å². The topological polar surface area (TPSA) is 38.8 Å². The molecule has 1 amide bonds. The first-order chi connectivity index (χ1) is 9.29. The quantitative estimate of drug-likeness (QED) is 0.777. The minimum Gasteiger partial charge on any atom is -0.377 e. The number of carbonyl (C=O) groups is 1. The minimum absolute atomic E-state index is 0.0249. The van der Waals surface area contributed by atoms with Gasteiger partial charge >= 0.3 is 0 Å². The van der Waals surface area contributed by atoms with E-state index in [4.69, 9.17) is 9.57 Å². The Morgan fingerprint density at radius 1 is 1.25 bits per heavy atom. The highest BCUT2D eigenvalue weighted by atomic mass is 16.7. The minimum atomic E-state index is -0.156. The highest BCUT2D eigenvalue weighted by Gasteiger charge is 2.19. The fraction of sp³-hybridized carbons (Fsp3) is 0.562. The Hall–Kier alpha value is -1.39. The summed E-state index contributed by atoms with van der Waals surface area (Å²) in [6.45, 7) is 9.50. The van der Waals surface area contributed by atoms with Crippen LogP contribution in [0.5, 0.6) is 0 Å². The largest absolute Gasteiger partial charge is 0.377 e. The Bertz CT molecular complexity index is 463. The average Bonchev–Trinajstić information content (AvgIpc) is 2.42. The molecular weight excluding hydrogens is 254 g/mol. The molecule has 0 aliphatic rings. The van der Waals surface area contributed by atoms with Crippen molar-refractivity contribution in [3.63, 3.8) is 0 Å². The van der Waals surface area contributed by atoms with Crippen molar-refractivity contribution in [1.29, 1.82) is 0 Å². The zero-order valence-electron chi connectivity index (χ0n) is 13.3. The van der Waals surface area contributed by atoms with Gasteiger partial charge in [-0.2, -0.15) is 0 Å². The van der Waals surface area contributed by atoms with Gasteiger partial charge in [0.2, 0.25) is 0 Å². The Morgan fingerprint density at radius 3 is 2.40 bits per heavy atom. The second kappa shape index (κ2) is 6.86. The lowest BCUT2D eigenvalue weighted by atomic mass is 9.85. The fourth-order valence-electron chi connectivity index (χ4n) is 1.82. The number of hydrogen-bond donors (Lipinski definition) is 0. The highest BCUT2D eigenvalue weighted by Crippen LogP contribution is 2.25. The molecule has 1 aromatic carbocycles. The van der Waals surface area contributed by atoms with E-state index in [1.807, 2.05) is 19.1 Å². The lowest BCUT2D eigenvalue weighted by Crippen LogP contribution is -2.26. The van der Waals surface area contributed by atoms with E-state index in [0.29, 0.717) is 18.8 Å². The average molecular weight is 279 g/mol. The molecule has 0 fully saturated rings. The molecule has 0 N–H and O–H groups in total. The standard InChI is InChI=1S/C16H25NO3/c1-7-20-11-12-8-13(15(18)17(5)19-6)10-14(9-12)16(2,3)4/h8-10H,7,11H2,1-6H3. The summed E-state index contributed by atoms with van der Waals surface area (Å²) >= 11 is 0. The van der Waals surface area contributed by atoms with Crippen LogP contribution in [0.4, 0.5) is 0 Å². The van der Waals surface area contributed by atoms with Crippen molar-refractivity contribution < 1.29 is 14.4 Å². The van der Waals surface area contributed by atoms with Gasteiger partial charge in [-0.1, -0.05) is 26.8 Å².